The number of esters is 1. The van der Waals surface area contributed by atoms with Crippen molar-refractivity contribution in [3.05, 3.63) is 60.7 Å². The summed E-state index contributed by atoms with van der Waals surface area (Å²) in [6.07, 6.45) is 0.742. The first-order valence-corrected chi connectivity index (χ1v) is 43.3. The number of hydrogen-bond donors (Lipinski definition) is 1. The summed E-state index contributed by atoms with van der Waals surface area (Å²) in [5.41, 5.74) is 0. The van der Waals surface area contributed by atoms with E-state index in [1.54, 1.807) is 7.11 Å². The monoisotopic (exact) mass is 1190 g/mol. The second kappa shape index (κ2) is 27.6. The lowest BCUT2D eigenvalue weighted by Gasteiger charge is -2.52. The van der Waals surface area contributed by atoms with E-state index in [1.165, 1.54) is 17.5 Å². The second-order valence-corrected chi connectivity index (χ2v) is 53.6. The number of carbonyl (C=O) groups is 2. The zero-order valence-corrected chi connectivity index (χ0v) is 59.9. The van der Waals surface area contributed by atoms with Gasteiger partial charge in [0.15, 0.2) is 39.1 Å². The maximum absolute atomic E-state index is 14.8. The topological polar surface area (TPSA) is 128 Å². The van der Waals surface area contributed by atoms with Crippen molar-refractivity contribution >= 4 is 63.7 Å². The van der Waals surface area contributed by atoms with Crippen molar-refractivity contribution < 1.29 is 51.0 Å². The third-order valence-electron chi connectivity index (χ3n) is 19.2. The van der Waals surface area contributed by atoms with Gasteiger partial charge in [-0.05, 0) is 107 Å². The van der Waals surface area contributed by atoms with Crippen LogP contribution in [-0.2, 0) is 45.9 Å². The molecule has 1 fully saturated rings. The Hall–Kier alpha value is -1.66. The molecular formula is C63H116O11Si5. The van der Waals surface area contributed by atoms with E-state index in [0.29, 0.717) is 38.7 Å². The van der Waals surface area contributed by atoms with Gasteiger partial charge in [-0.3, -0.25) is 9.59 Å². The van der Waals surface area contributed by atoms with Crippen LogP contribution in [0.2, 0.25) is 77.6 Å². The molecule has 0 saturated carbocycles. The molecule has 0 aliphatic carbocycles. The quantitative estimate of drug-likeness (QED) is 0.0646. The molecule has 1 heterocycles. The van der Waals surface area contributed by atoms with E-state index in [4.69, 9.17) is 36.3 Å². The number of aliphatic hydroxyl groups excluding tert-OH is 1. The van der Waals surface area contributed by atoms with Gasteiger partial charge >= 0.3 is 5.97 Å². The number of ether oxygens (including phenoxy) is 3. The first kappa shape index (κ1) is 71.6. The molecule has 0 radical (unpaired) electrons. The molecule has 0 bridgehead atoms. The van der Waals surface area contributed by atoms with Crippen molar-refractivity contribution in [3.8, 4) is 0 Å². The molecule has 79 heavy (non-hydrogen) atoms. The SMILES string of the molecule is CC[C@H](CO[Si](c1ccccc1)(c1ccccc1)C(C)(C)C)[C@@H](CC(=O)CCC[C@@H](C[C@]1(OC)C[C@H](O[Si](C)(C)C(C)(C)C)[C@@H](C(=O)OC)[C@H](C[C@H](CO)O[Si](C)(C)C(C)(C)C)O1)O[Si](C)(C)C(C)(C)C)O[Si](C)(C)C(C)(C)C. The van der Waals surface area contributed by atoms with Crippen molar-refractivity contribution in [2.45, 2.75) is 276 Å². The minimum atomic E-state index is -2.88. The van der Waals surface area contributed by atoms with E-state index in [2.05, 4.69) is 224 Å². The molecule has 0 aromatic heterocycles. The average Bonchev–Trinajstić information content (AvgIpc) is 3.30. The fourth-order valence-corrected chi connectivity index (χ4v) is 20.2. The first-order valence-electron chi connectivity index (χ1n) is 29.8. The van der Waals surface area contributed by atoms with Gasteiger partial charge in [-0.25, -0.2) is 0 Å². The fraction of sp³-hybridized carbons (Fsp3) is 0.778. The number of methoxy groups -OCH3 is 2. The number of hydrogen-bond acceptors (Lipinski definition) is 11. The molecule has 1 N–H and O–H groups in total. The highest BCUT2D eigenvalue weighted by atomic mass is 28.4. The number of aliphatic hydroxyl groups is 1. The summed E-state index contributed by atoms with van der Waals surface area (Å²) in [4.78, 5) is 29.0. The minimum absolute atomic E-state index is 0.0274. The lowest BCUT2D eigenvalue weighted by atomic mass is 9.82. The highest BCUT2D eigenvalue weighted by molar-refractivity contribution is 6.99. The molecule has 0 unspecified atom stereocenters. The highest BCUT2D eigenvalue weighted by Gasteiger charge is 2.57. The number of carbonyl (C=O) groups excluding carboxylic acids is 2. The van der Waals surface area contributed by atoms with Crippen LogP contribution in [-0.4, -0.2) is 122 Å². The molecule has 1 aliphatic rings. The van der Waals surface area contributed by atoms with Crippen LogP contribution in [0.4, 0.5) is 0 Å². The molecule has 0 spiro atoms. The minimum Gasteiger partial charge on any atom is -0.469 e. The highest BCUT2D eigenvalue weighted by Crippen LogP contribution is 2.48. The van der Waals surface area contributed by atoms with Crippen LogP contribution in [0.3, 0.4) is 0 Å². The Labute approximate surface area is 488 Å². The summed E-state index contributed by atoms with van der Waals surface area (Å²) in [6.45, 7) is 53.8. The standard InChI is InChI=1S/C63H116O11Si5/c1-27-47(46-69-79(62(14,15)16,51-37-30-28-31-38-51)52-39-32-29-33-40-52)53(73-77(23,24)60(8,9)10)41-48(65)35-34-36-49(71-75(19,20)58(2,3)4)43-63(68-18)44-55(74-78(25,26)61(11,12)13)56(57(66)67-17)54(70-63)42-50(45-64)72-76(21,22)59(5,6)7/h28-33,37-40,47,49-50,53-56,64H,27,34-36,41-46H2,1-26H3/t47-,49+,50-,53-,54+,55+,56+,63-/m1/s1. The Kier molecular flexibility index (Phi) is 25.0. The summed E-state index contributed by atoms with van der Waals surface area (Å²) >= 11 is 0. The summed E-state index contributed by atoms with van der Waals surface area (Å²) in [5, 5.41) is 12.8. The summed E-state index contributed by atoms with van der Waals surface area (Å²) in [5.74, 6) is -2.35. The Morgan fingerprint density at radius 1 is 0.658 bits per heavy atom. The fourth-order valence-electron chi connectivity index (χ4n) is 10.1. The molecule has 8 atom stereocenters. The van der Waals surface area contributed by atoms with Gasteiger partial charge in [0, 0.05) is 51.7 Å². The third-order valence-corrected chi connectivity index (χ3v) is 42.3. The third kappa shape index (κ3) is 18.4. The number of rotatable bonds is 28. The largest absolute Gasteiger partial charge is 0.469 e. The molecular weight excluding hydrogens is 1070 g/mol. The number of Topliss-reactive ketones (excluding diaryl/α,β-unsaturated/α-hetero) is 1. The molecule has 1 aliphatic heterocycles. The molecule has 0 amide bonds. The lowest BCUT2D eigenvalue weighted by Crippen LogP contribution is -2.67. The molecule has 3 rings (SSSR count). The van der Waals surface area contributed by atoms with Crippen molar-refractivity contribution in [3.63, 3.8) is 0 Å². The van der Waals surface area contributed by atoms with Gasteiger partial charge in [-0.1, -0.05) is 171 Å². The Morgan fingerprint density at radius 3 is 1.52 bits per heavy atom. The van der Waals surface area contributed by atoms with Crippen LogP contribution in [0, 0.1) is 11.8 Å². The lowest BCUT2D eigenvalue weighted by molar-refractivity contribution is -0.309. The smallest absolute Gasteiger partial charge is 0.313 e. The zero-order chi connectivity index (χ0) is 60.6. The van der Waals surface area contributed by atoms with E-state index >= 15 is 0 Å². The van der Waals surface area contributed by atoms with E-state index in [1.807, 2.05) is 0 Å². The van der Waals surface area contributed by atoms with E-state index in [9.17, 15) is 14.7 Å². The van der Waals surface area contributed by atoms with Crippen LogP contribution in [0.15, 0.2) is 60.7 Å². The predicted molar refractivity (Wildman–Crippen MR) is 340 cm³/mol. The van der Waals surface area contributed by atoms with Crippen LogP contribution < -0.4 is 10.4 Å². The van der Waals surface area contributed by atoms with Gasteiger partial charge in [0.25, 0.3) is 8.32 Å². The van der Waals surface area contributed by atoms with Crippen molar-refractivity contribution in [2.24, 2.45) is 11.8 Å². The first-order chi connectivity index (χ1) is 35.9. The van der Waals surface area contributed by atoms with E-state index < -0.39 is 77.6 Å². The zero-order valence-electron chi connectivity index (χ0n) is 54.9. The van der Waals surface area contributed by atoms with E-state index in [0.717, 1.165) is 6.42 Å². The maximum atomic E-state index is 14.8. The molecule has 1 saturated heterocycles. The van der Waals surface area contributed by atoms with Gasteiger partial charge in [0.2, 0.25) is 0 Å². The van der Waals surface area contributed by atoms with Gasteiger partial charge in [0.1, 0.15) is 11.7 Å². The van der Waals surface area contributed by atoms with Crippen LogP contribution in [0.1, 0.15) is 162 Å². The van der Waals surface area contributed by atoms with E-state index in [-0.39, 0.29) is 68.5 Å². The van der Waals surface area contributed by atoms with Gasteiger partial charge < -0.3 is 41.4 Å². The van der Waals surface area contributed by atoms with Crippen molar-refractivity contribution in [2.75, 3.05) is 27.4 Å². The normalized spacial score (nSPS) is 21.3. The number of ketones is 1. The second-order valence-electron chi connectivity index (χ2n) is 30.3. The Bertz CT molecular complexity index is 2150. The van der Waals surface area contributed by atoms with Crippen LogP contribution in [0.5, 0.6) is 0 Å². The van der Waals surface area contributed by atoms with Crippen molar-refractivity contribution in [1.29, 1.82) is 0 Å². The van der Waals surface area contributed by atoms with Crippen molar-refractivity contribution in [1.82, 2.24) is 0 Å². The number of benzene rings is 2. The maximum Gasteiger partial charge on any atom is 0.313 e. The molecule has 16 heteroatoms. The predicted octanol–water partition coefficient (Wildman–Crippen LogP) is 15.0. The van der Waals surface area contributed by atoms with Gasteiger partial charge in [-0.15, -0.1) is 0 Å². The molecule has 454 valence electrons. The molecule has 2 aromatic rings. The van der Waals surface area contributed by atoms with Gasteiger partial charge in [0.05, 0.1) is 44.2 Å². The summed E-state index contributed by atoms with van der Waals surface area (Å²) in [7, 11) is -9.49. The average molecular weight is 1190 g/mol. The summed E-state index contributed by atoms with van der Waals surface area (Å²) in [6, 6.07) is 21.5. The molecule has 11 nitrogen and oxygen atoms in total. The molecule has 2 aromatic carbocycles. The Balaban J connectivity index is 2.11. The van der Waals surface area contributed by atoms with Crippen LogP contribution >= 0.6 is 0 Å². The van der Waals surface area contributed by atoms with Crippen LogP contribution in [0.25, 0.3) is 0 Å². The van der Waals surface area contributed by atoms with Gasteiger partial charge in [-0.2, -0.15) is 0 Å². The summed E-state index contributed by atoms with van der Waals surface area (Å²) < 4.78 is 56.0. The Morgan fingerprint density at radius 2 is 1.11 bits per heavy atom.